The molecule has 0 aliphatic carbocycles. The van der Waals surface area contributed by atoms with Crippen LogP contribution in [-0.4, -0.2) is 60.5 Å². The largest absolute Gasteiger partial charge is 0.493 e. The Hall–Kier alpha value is -3.87. The van der Waals surface area contributed by atoms with Crippen LogP contribution < -0.4 is 9.47 Å². The Morgan fingerprint density at radius 3 is 2.30 bits per heavy atom. The Bertz CT molecular complexity index is 1310. The van der Waals surface area contributed by atoms with E-state index in [1.54, 1.807) is 32.4 Å². The number of pyridine rings is 1. The highest BCUT2D eigenvalue weighted by atomic mass is 16.5. The number of ether oxygens (including phenoxy) is 2. The molecule has 0 bridgehead atoms. The first-order chi connectivity index (χ1) is 18.0. The molecule has 0 unspecified atom stereocenters. The predicted molar refractivity (Wildman–Crippen MR) is 141 cm³/mol. The van der Waals surface area contributed by atoms with E-state index in [1.807, 2.05) is 34.9 Å². The Kier molecular flexibility index (Phi) is 7.12. The van der Waals surface area contributed by atoms with E-state index in [2.05, 4.69) is 18.2 Å². The summed E-state index contributed by atoms with van der Waals surface area (Å²) in [4.78, 5) is 35.5. The molecule has 7 heteroatoms. The maximum Gasteiger partial charge on any atom is 0.256 e. The Labute approximate surface area is 218 Å². The van der Waals surface area contributed by atoms with Crippen LogP contribution in [-0.2, 0) is 13.0 Å². The second-order valence-electron chi connectivity index (χ2n) is 9.77. The molecular formula is C30H33N3O4. The molecule has 1 fully saturated rings. The van der Waals surface area contributed by atoms with Crippen molar-refractivity contribution in [1.29, 1.82) is 0 Å². The van der Waals surface area contributed by atoms with Crippen molar-refractivity contribution in [3.05, 3.63) is 88.2 Å². The highest BCUT2D eigenvalue weighted by Crippen LogP contribution is 2.33. The maximum atomic E-state index is 13.7. The highest BCUT2D eigenvalue weighted by Gasteiger charge is 2.31. The molecule has 2 amide bonds. The SMILES string of the molecule is COc1ccc(C(=O)N2CCC(c3nc(C)ccc3C(=O)N3CCc4ccccc4C3)CC2)cc1OC. The number of likely N-dealkylation sites (tertiary alicyclic amines) is 1. The number of piperidine rings is 1. The lowest BCUT2D eigenvalue weighted by molar-refractivity contribution is 0.0699. The zero-order chi connectivity index (χ0) is 25.9. The van der Waals surface area contributed by atoms with E-state index in [9.17, 15) is 9.59 Å². The van der Waals surface area contributed by atoms with Gasteiger partial charge in [0.05, 0.1) is 25.5 Å². The van der Waals surface area contributed by atoms with E-state index in [0.29, 0.717) is 48.8 Å². The quantitative estimate of drug-likeness (QED) is 0.512. The molecule has 5 rings (SSSR count). The van der Waals surface area contributed by atoms with Gasteiger partial charge in [0.1, 0.15) is 0 Å². The second kappa shape index (κ2) is 10.6. The number of hydrogen-bond acceptors (Lipinski definition) is 5. The fourth-order valence-corrected chi connectivity index (χ4v) is 5.42. The monoisotopic (exact) mass is 499 g/mol. The topological polar surface area (TPSA) is 72.0 Å². The number of methoxy groups -OCH3 is 2. The minimum Gasteiger partial charge on any atom is -0.493 e. The molecule has 3 heterocycles. The summed E-state index contributed by atoms with van der Waals surface area (Å²) in [5, 5.41) is 0. The van der Waals surface area contributed by atoms with E-state index in [0.717, 1.165) is 30.7 Å². The molecule has 1 saturated heterocycles. The molecule has 0 N–H and O–H groups in total. The van der Waals surface area contributed by atoms with Crippen LogP contribution in [0.4, 0.5) is 0 Å². The number of carbonyl (C=O) groups excluding carboxylic acids is 2. The number of hydrogen-bond donors (Lipinski definition) is 0. The van der Waals surface area contributed by atoms with Crippen LogP contribution in [0.5, 0.6) is 11.5 Å². The van der Waals surface area contributed by atoms with Crippen molar-refractivity contribution in [2.45, 2.75) is 38.6 Å². The summed E-state index contributed by atoms with van der Waals surface area (Å²) in [7, 11) is 3.14. The summed E-state index contributed by atoms with van der Waals surface area (Å²) in [5.74, 6) is 1.28. The molecule has 2 aliphatic heterocycles. The van der Waals surface area contributed by atoms with Gasteiger partial charge in [-0.3, -0.25) is 14.6 Å². The van der Waals surface area contributed by atoms with Gasteiger partial charge in [-0.2, -0.15) is 0 Å². The second-order valence-corrected chi connectivity index (χ2v) is 9.77. The van der Waals surface area contributed by atoms with Crippen molar-refractivity contribution in [3.8, 4) is 11.5 Å². The number of amides is 2. The zero-order valence-electron chi connectivity index (χ0n) is 21.7. The zero-order valence-corrected chi connectivity index (χ0v) is 21.7. The van der Waals surface area contributed by atoms with Gasteiger partial charge >= 0.3 is 0 Å². The van der Waals surface area contributed by atoms with Crippen LogP contribution in [0, 0.1) is 6.92 Å². The summed E-state index contributed by atoms with van der Waals surface area (Å²) < 4.78 is 10.7. The first kappa shape index (κ1) is 24.8. The molecule has 7 nitrogen and oxygen atoms in total. The van der Waals surface area contributed by atoms with E-state index in [1.165, 1.54) is 11.1 Å². The Morgan fingerprint density at radius 2 is 1.57 bits per heavy atom. The van der Waals surface area contributed by atoms with Gasteiger partial charge < -0.3 is 19.3 Å². The van der Waals surface area contributed by atoms with E-state index in [4.69, 9.17) is 14.5 Å². The van der Waals surface area contributed by atoms with Crippen LogP contribution in [0.3, 0.4) is 0 Å². The highest BCUT2D eigenvalue weighted by molar-refractivity contribution is 5.96. The average Bonchev–Trinajstić information content (AvgIpc) is 2.95. The van der Waals surface area contributed by atoms with Gasteiger partial charge in [-0.15, -0.1) is 0 Å². The third-order valence-corrected chi connectivity index (χ3v) is 7.51. The van der Waals surface area contributed by atoms with Crippen LogP contribution in [0.15, 0.2) is 54.6 Å². The summed E-state index contributed by atoms with van der Waals surface area (Å²) in [5.41, 5.74) is 5.56. The van der Waals surface area contributed by atoms with Gasteiger partial charge in [0.2, 0.25) is 0 Å². The number of aromatic nitrogens is 1. The molecule has 0 atom stereocenters. The van der Waals surface area contributed by atoms with Gasteiger partial charge in [-0.25, -0.2) is 0 Å². The molecule has 37 heavy (non-hydrogen) atoms. The Balaban J connectivity index is 1.30. The first-order valence-electron chi connectivity index (χ1n) is 12.8. The van der Waals surface area contributed by atoms with Crippen molar-refractivity contribution in [2.24, 2.45) is 0 Å². The van der Waals surface area contributed by atoms with Crippen molar-refractivity contribution in [1.82, 2.24) is 14.8 Å². The third-order valence-electron chi connectivity index (χ3n) is 7.51. The van der Waals surface area contributed by atoms with Crippen molar-refractivity contribution in [2.75, 3.05) is 33.9 Å². The summed E-state index contributed by atoms with van der Waals surface area (Å²) in [6.45, 7) is 4.52. The molecule has 2 aliphatic rings. The average molecular weight is 500 g/mol. The Morgan fingerprint density at radius 1 is 0.838 bits per heavy atom. The van der Waals surface area contributed by atoms with Crippen LogP contribution in [0.1, 0.15) is 62.0 Å². The van der Waals surface area contributed by atoms with E-state index < -0.39 is 0 Å². The van der Waals surface area contributed by atoms with Crippen molar-refractivity contribution in [3.63, 3.8) is 0 Å². The fourth-order valence-electron chi connectivity index (χ4n) is 5.42. The van der Waals surface area contributed by atoms with Gasteiger partial charge in [-0.05, 0) is 67.6 Å². The number of carbonyl (C=O) groups is 2. The molecule has 0 radical (unpaired) electrons. The smallest absolute Gasteiger partial charge is 0.256 e. The lowest BCUT2D eigenvalue weighted by atomic mass is 9.89. The molecular weight excluding hydrogens is 466 g/mol. The van der Waals surface area contributed by atoms with Crippen molar-refractivity contribution >= 4 is 11.8 Å². The van der Waals surface area contributed by atoms with Crippen LogP contribution in [0.2, 0.25) is 0 Å². The molecule has 0 spiro atoms. The van der Waals surface area contributed by atoms with Gasteiger partial charge in [0.25, 0.3) is 11.8 Å². The number of fused-ring (bicyclic) bond motifs is 1. The van der Waals surface area contributed by atoms with Gasteiger partial charge in [0, 0.05) is 43.4 Å². The third kappa shape index (κ3) is 5.03. The molecule has 1 aromatic heterocycles. The summed E-state index contributed by atoms with van der Waals surface area (Å²) in [6, 6.07) is 17.4. The van der Waals surface area contributed by atoms with Gasteiger partial charge in [-0.1, -0.05) is 24.3 Å². The normalized spacial score (nSPS) is 15.8. The van der Waals surface area contributed by atoms with E-state index in [-0.39, 0.29) is 17.7 Å². The number of aryl methyl sites for hydroxylation is 1. The molecule has 192 valence electrons. The molecule has 3 aromatic rings. The number of nitrogens with zero attached hydrogens (tertiary/aromatic N) is 3. The minimum absolute atomic E-state index is 0.0279. The lowest BCUT2D eigenvalue weighted by Gasteiger charge is -2.34. The lowest BCUT2D eigenvalue weighted by Crippen LogP contribution is -2.39. The fraction of sp³-hybridized carbons (Fsp3) is 0.367. The standard InChI is InChI=1S/C30H33N3O4/c1-20-8-10-25(30(35)33-17-12-21-6-4-5-7-24(21)19-33)28(31-20)22-13-15-32(16-14-22)29(34)23-9-11-26(36-2)27(18-23)37-3/h4-11,18,22H,12-17,19H2,1-3H3. The summed E-state index contributed by atoms with van der Waals surface area (Å²) in [6.07, 6.45) is 2.39. The predicted octanol–water partition coefficient (Wildman–Crippen LogP) is 4.63. The summed E-state index contributed by atoms with van der Waals surface area (Å²) >= 11 is 0. The van der Waals surface area contributed by atoms with Crippen LogP contribution in [0.25, 0.3) is 0 Å². The van der Waals surface area contributed by atoms with Crippen LogP contribution >= 0.6 is 0 Å². The molecule has 0 saturated carbocycles. The number of benzene rings is 2. The maximum absolute atomic E-state index is 13.7. The molecule has 2 aromatic carbocycles. The first-order valence-corrected chi connectivity index (χ1v) is 12.8. The van der Waals surface area contributed by atoms with Crippen molar-refractivity contribution < 1.29 is 19.1 Å². The number of rotatable bonds is 5. The van der Waals surface area contributed by atoms with Gasteiger partial charge in [0.15, 0.2) is 11.5 Å². The minimum atomic E-state index is -0.0279. The van der Waals surface area contributed by atoms with E-state index >= 15 is 0 Å².